The topological polar surface area (TPSA) is 68.5 Å². The highest BCUT2D eigenvalue weighted by Gasteiger charge is 2.09. The largest absolute Gasteiger partial charge is 0.481 e. The third kappa shape index (κ3) is 3.03. The average molecular weight is 300 g/mol. The maximum Gasteiger partial charge on any atom is 0.258 e. The average Bonchev–Trinajstić information content (AvgIpc) is 2.95. The van der Waals surface area contributed by atoms with E-state index in [-0.39, 0.29) is 24.8 Å². The molecule has 0 atom stereocenters. The van der Waals surface area contributed by atoms with E-state index in [0.29, 0.717) is 11.5 Å². The Balaban J connectivity index is 1.55. The van der Waals surface area contributed by atoms with Gasteiger partial charge >= 0.3 is 0 Å². The smallest absolute Gasteiger partial charge is 0.258 e. The molecule has 0 saturated heterocycles. The molecule has 3 aromatic rings. The summed E-state index contributed by atoms with van der Waals surface area (Å²) in [5.74, 6) is -0.213. The summed E-state index contributed by atoms with van der Waals surface area (Å²) >= 11 is 0. The zero-order valence-electron chi connectivity index (χ0n) is 11.6. The number of benzene rings is 1. The lowest BCUT2D eigenvalue weighted by Crippen LogP contribution is -2.29. The first kappa shape index (κ1) is 14.0. The molecular weight excluding hydrogens is 287 g/mol. The number of carbonyl (C=O) groups is 1. The van der Waals surface area contributed by atoms with Crippen LogP contribution >= 0.6 is 0 Å². The number of halogens is 1. The molecule has 3 rings (SSSR count). The molecule has 7 heteroatoms. The van der Waals surface area contributed by atoms with Gasteiger partial charge < -0.3 is 10.1 Å². The van der Waals surface area contributed by atoms with Crippen molar-refractivity contribution in [2.75, 3.05) is 6.61 Å². The van der Waals surface area contributed by atoms with Gasteiger partial charge in [0.25, 0.3) is 5.91 Å². The number of amides is 1. The summed E-state index contributed by atoms with van der Waals surface area (Å²) in [6, 6.07) is 11.5. The zero-order chi connectivity index (χ0) is 15.4. The Bertz CT molecular complexity index is 803. The predicted molar refractivity (Wildman–Crippen MR) is 76.7 cm³/mol. The van der Waals surface area contributed by atoms with E-state index >= 15 is 0 Å². The molecule has 1 N–H and O–H groups in total. The molecule has 22 heavy (non-hydrogen) atoms. The highest BCUT2D eigenvalue weighted by Crippen LogP contribution is 2.14. The van der Waals surface area contributed by atoms with Crippen molar-refractivity contribution in [2.45, 2.75) is 6.54 Å². The van der Waals surface area contributed by atoms with Crippen LogP contribution in [-0.2, 0) is 11.3 Å². The molecular formula is C15H13FN4O2. The standard InChI is InChI=1S/C15H13FN4O2/c16-11-5-1-2-6-12(11)22-10-15(21)17-9-14-19-18-13-7-3-4-8-20(13)14/h1-8H,9-10H2,(H,17,21). The molecule has 2 aromatic heterocycles. The summed E-state index contributed by atoms with van der Waals surface area (Å²) in [6.45, 7) is -0.0533. The molecule has 0 radical (unpaired) electrons. The minimum atomic E-state index is -0.501. The molecule has 0 bridgehead atoms. The Morgan fingerprint density at radius 1 is 1.18 bits per heavy atom. The molecule has 0 fully saturated rings. The predicted octanol–water partition coefficient (Wildman–Crippen LogP) is 1.56. The molecule has 1 aromatic carbocycles. The Morgan fingerprint density at radius 3 is 2.86 bits per heavy atom. The first-order valence-electron chi connectivity index (χ1n) is 6.67. The number of rotatable bonds is 5. The molecule has 0 spiro atoms. The van der Waals surface area contributed by atoms with Gasteiger partial charge in [-0.25, -0.2) is 4.39 Å². The molecule has 0 aliphatic heterocycles. The Hall–Kier alpha value is -2.96. The van der Waals surface area contributed by atoms with E-state index in [4.69, 9.17) is 4.74 Å². The molecule has 6 nitrogen and oxygen atoms in total. The number of hydrogen-bond acceptors (Lipinski definition) is 4. The lowest BCUT2D eigenvalue weighted by atomic mass is 10.3. The normalized spacial score (nSPS) is 10.6. The highest BCUT2D eigenvalue weighted by atomic mass is 19.1. The van der Waals surface area contributed by atoms with Gasteiger partial charge in [-0.2, -0.15) is 0 Å². The number of ether oxygens (including phenoxy) is 1. The number of carbonyl (C=O) groups excluding carboxylic acids is 1. The highest BCUT2D eigenvalue weighted by molar-refractivity contribution is 5.77. The van der Waals surface area contributed by atoms with E-state index < -0.39 is 5.82 Å². The van der Waals surface area contributed by atoms with Crippen molar-refractivity contribution < 1.29 is 13.9 Å². The summed E-state index contributed by atoms with van der Waals surface area (Å²) in [7, 11) is 0. The number of pyridine rings is 1. The minimum absolute atomic E-state index is 0.0468. The van der Waals surface area contributed by atoms with Crippen molar-refractivity contribution in [2.24, 2.45) is 0 Å². The number of aromatic nitrogens is 3. The van der Waals surface area contributed by atoms with Crippen LogP contribution in [0, 0.1) is 5.82 Å². The Labute approximate surface area is 125 Å². The Kier molecular flexibility index (Phi) is 3.95. The maximum atomic E-state index is 13.3. The monoisotopic (exact) mass is 300 g/mol. The second-order valence-electron chi connectivity index (χ2n) is 4.54. The fraction of sp³-hybridized carbons (Fsp3) is 0.133. The van der Waals surface area contributed by atoms with Gasteiger partial charge in [0, 0.05) is 6.20 Å². The molecule has 1 amide bonds. The SMILES string of the molecule is O=C(COc1ccccc1F)NCc1nnc2ccccn12. The van der Waals surface area contributed by atoms with E-state index in [1.54, 1.807) is 16.5 Å². The van der Waals surface area contributed by atoms with Gasteiger partial charge in [0.15, 0.2) is 29.6 Å². The van der Waals surface area contributed by atoms with E-state index in [1.165, 1.54) is 12.1 Å². The van der Waals surface area contributed by atoms with E-state index in [0.717, 1.165) is 0 Å². The number of hydrogen-bond donors (Lipinski definition) is 1. The van der Waals surface area contributed by atoms with Gasteiger partial charge in [0.05, 0.1) is 6.54 Å². The van der Waals surface area contributed by atoms with Gasteiger partial charge in [-0.15, -0.1) is 10.2 Å². The van der Waals surface area contributed by atoms with Crippen molar-refractivity contribution in [1.82, 2.24) is 19.9 Å². The lowest BCUT2D eigenvalue weighted by molar-refractivity contribution is -0.123. The first-order valence-corrected chi connectivity index (χ1v) is 6.67. The molecule has 2 heterocycles. The number of nitrogens with zero attached hydrogens (tertiary/aromatic N) is 3. The van der Waals surface area contributed by atoms with Gasteiger partial charge in [0.1, 0.15) is 0 Å². The Morgan fingerprint density at radius 2 is 2.00 bits per heavy atom. The lowest BCUT2D eigenvalue weighted by Gasteiger charge is -2.07. The fourth-order valence-corrected chi connectivity index (χ4v) is 1.95. The summed E-state index contributed by atoms with van der Waals surface area (Å²) in [5.41, 5.74) is 0.703. The van der Waals surface area contributed by atoms with Crippen LogP contribution in [0.2, 0.25) is 0 Å². The second-order valence-corrected chi connectivity index (χ2v) is 4.54. The van der Waals surface area contributed by atoms with E-state index in [1.807, 2.05) is 24.4 Å². The van der Waals surface area contributed by atoms with E-state index in [9.17, 15) is 9.18 Å². The summed E-state index contributed by atoms with van der Waals surface area (Å²) in [6.07, 6.45) is 1.81. The van der Waals surface area contributed by atoms with Crippen LogP contribution in [-0.4, -0.2) is 27.1 Å². The van der Waals surface area contributed by atoms with Crippen LogP contribution in [0.4, 0.5) is 4.39 Å². The van der Waals surface area contributed by atoms with Crippen LogP contribution in [0.1, 0.15) is 5.82 Å². The molecule has 0 unspecified atom stereocenters. The fourth-order valence-electron chi connectivity index (χ4n) is 1.95. The van der Waals surface area contributed by atoms with Crippen LogP contribution in [0.3, 0.4) is 0 Å². The number of para-hydroxylation sites is 1. The molecule has 112 valence electrons. The second kappa shape index (κ2) is 6.21. The van der Waals surface area contributed by atoms with Crippen LogP contribution < -0.4 is 10.1 Å². The van der Waals surface area contributed by atoms with Crippen molar-refractivity contribution in [3.8, 4) is 5.75 Å². The van der Waals surface area contributed by atoms with Crippen LogP contribution in [0.5, 0.6) is 5.75 Å². The van der Waals surface area contributed by atoms with Crippen LogP contribution in [0.25, 0.3) is 5.65 Å². The van der Waals surface area contributed by atoms with Gasteiger partial charge in [-0.3, -0.25) is 9.20 Å². The van der Waals surface area contributed by atoms with Crippen molar-refractivity contribution in [3.05, 3.63) is 60.3 Å². The van der Waals surface area contributed by atoms with Crippen LogP contribution in [0.15, 0.2) is 48.7 Å². The first-order chi connectivity index (χ1) is 10.7. The number of fused-ring (bicyclic) bond motifs is 1. The van der Waals surface area contributed by atoms with E-state index in [2.05, 4.69) is 15.5 Å². The quantitative estimate of drug-likeness (QED) is 0.776. The van der Waals surface area contributed by atoms with Crippen molar-refractivity contribution in [1.29, 1.82) is 0 Å². The minimum Gasteiger partial charge on any atom is -0.481 e. The zero-order valence-corrected chi connectivity index (χ0v) is 11.6. The third-order valence-corrected chi connectivity index (χ3v) is 3.02. The van der Waals surface area contributed by atoms with Gasteiger partial charge in [-0.1, -0.05) is 18.2 Å². The van der Waals surface area contributed by atoms with Crippen molar-refractivity contribution >= 4 is 11.6 Å². The maximum absolute atomic E-state index is 13.3. The number of nitrogens with one attached hydrogen (secondary N) is 1. The summed E-state index contributed by atoms with van der Waals surface area (Å²) < 4.78 is 20.2. The molecule has 0 aliphatic rings. The van der Waals surface area contributed by atoms with Crippen molar-refractivity contribution in [3.63, 3.8) is 0 Å². The van der Waals surface area contributed by atoms with Gasteiger partial charge in [0.2, 0.25) is 0 Å². The summed E-state index contributed by atoms with van der Waals surface area (Å²) in [5, 5.41) is 10.6. The third-order valence-electron chi connectivity index (χ3n) is 3.02. The summed E-state index contributed by atoms with van der Waals surface area (Å²) in [4.78, 5) is 11.7. The molecule has 0 saturated carbocycles. The molecule has 0 aliphatic carbocycles. The van der Waals surface area contributed by atoms with Gasteiger partial charge in [-0.05, 0) is 24.3 Å².